The Morgan fingerprint density at radius 1 is 1.05 bits per heavy atom. The van der Waals surface area contributed by atoms with E-state index in [1.165, 1.54) is 38.6 Å². The van der Waals surface area contributed by atoms with E-state index >= 15 is 0 Å². The maximum Gasteiger partial charge on any atom is 0.191 e. The lowest BCUT2D eigenvalue weighted by molar-refractivity contribution is 0.0372. The van der Waals surface area contributed by atoms with Crippen LogP contribution in [0.5, 0.6) is 0 Å². The summed E-state index contributed by atoms with van der Waals surface area (Å²) >= 11 is 0. The van der Waals surface area contributed by atoms with Crippen LogP contribution in [0.3, 0.4) is 0 Å². The van der Waals surface area contributed by atoms with Gasteiger partial charge < -0.3 is 15.4 Å². The van der Waals surface area contributed by atoms with Gasteiger partial charge in [-0.1, -0.05) is 19.8 Å². The molecule has 0 unspecified atom stereocenters. The molecule has 0 radical (unpaired) electrons. The van der Waals surface area contributed by atoms with Crippen molar-refractivity contribution in [1.82, 2.24) is 15.5 Å². The highest BCUT2D eigenvalue weighted by molar-refractivity contribution is 5.79. The Kier molecular flexibility index (Phi) is 11.2. The Morgan fingerprint density at radius 2 is 1.86 bits per heavy atom. The van der Waals surface area contributed by atoms with Crippen molar-refractivity contribution in [2.45, 2.75) is 46.0 Å². The van der Waals surface area contributed by atoms with E-state index in [1.807, 2.05) is 0 Å². The van der Waals surface area contributed by atoms with Gasteiger partial charge >= 0.3 is 0 Å². The number of nitrogens with zero attached hydrogens (tertiary/aromatic N) is 2. The van der Waals surface area contributed by atoms with Gasteiger partial charge in [0.2, 0.25) is 0 Å². The number of unbranched alkanes of at least 4 members (excludes halogenated alkanes) is 3. The minimum absolute atomic E-state index is 0.896. The highest BCUT2D eigenvalue weighted by Gasteiger charge is 2.08. The molecule has 0 aromatic carbocycles. The lowest BCUT2D eigenvalue weighted by Crippen LogP contribution is -2.39. The molecule has 5 heteroatoms. The number of morpholine rings is 1. The van der Waals surface area contributed by atoms with Gasteiger partial charge in [0.25, 0.3) is 0 Å². The molecule has 0 bridgehead atoms. The molecule has 0 aromatic heterocycles. The first-order valence-electron chi connectivity index (χ1n) is 8.69. The molecule has 1 saturated heterocycles. The molecular weight excluding hydrogens is 264 g/mol. The van der Waals surface area contributed by atoms with Gasteiger partial charge in [-0.3, -0.25) is 9.89 Å². The van der Waals surface area contributed by atoms with Crippen molar-refractivity contribution in [3.8, 4) is 0 Å². The summed E-state index contributed by atoms with van der Waals surface area (Å²) in [7, 11) is 0. The summed E-state index contributed by atoms with van der Waals surface area (Å²) in [5.41, 5.74) is 0. The molecule has 5 nitrogen and oxygen atoms in total. The third-order valence-corrected chi connectivity index (χ3v) is 3.67. The fourth-order valence-corrected chi connectivity index (χ4v) is 2.39. The molecule has 2 N–H and O–H groups in total. The van der Waals surface area contributed by atoms with Gasteiger partial charge in [-0.25, -0.2) is 0 Å². The van der Waals surface area contributed by atoms with E-state index in [0.29, 0.717) is 0 Å². The number of guanidine groups is 1. The molecule has 1 aliphatic rings. The molecule has 1 fully saturated rings. The summed E-state index contributed by atoms with van der Waals surface area (Å²) in [5, 5.41) is 6.74. The van der Waals surface area contributed by atoms with E-state index in [4.69, 9.17) is 4.74 Å². The van der Waals surface area contributed by atoms with Crippen molar-refractivity contribution in [1.29, 1.82) is 0 Å². The third-order valence-electron chi connectivity index (χ3n) is 3.67. The lowest BCUT2D eigenvalue weighted by atomic mass is 10.2. The Morgan fingerprint density at radius 3 is 2.57 bits per heavy atom. The maximum absolute atomic E-state index is 5.36. The van der Waals surface area contributed by atoms with Crippen molar-refractivity contribution in [3.63, 3.8) is 0 Å². The van der Waals surface area contributed by atoms with Gasteiger partial charge in [0, 0.05) is 32.7 Å². The molecule has 1 aliphatic heterocycles. The van der Waals surface area contributed by atoms with Crippen molar-refractivity contribution in [2.24, 2.45) is 4.99 Å². The standard InChI is InChI=1S/C16H34N4O/c1-3-5-6-9-18-16(17-4-2)19-10-7-8-11-20-12-14-21-15-13-20/h3-15H2,1-2H3,(H2,17,18,19). The molecule has 0 spiro atoms. The van der Waals surface area contributed by atoms with Crippen molar-refractivity contribution in [2.75, 3.05) is 52.5 Å². The summed E-state index contributed by atoms with van der Waals surface area (Å²) in [4.78, 5) is 7.10. The highest BCUT2D eigenvalue weighted by atomic mass is 16.5. The van der Waals surface area contributed by atoms with Crippen molar-refractivity contribution >= 4 is 5.96 Å². The van der Waals surface area contributed by atoms with Crippen molar-refractivity contribution < 1.29 is 4.74 Å². The second kappa shape index (κ2) is 12.9. The average molecular weight is 298 g/mol. The van der Waals surface area contributed by atoms with Crippen LogP contribution in [0.1, 0.15) is 46.0 Å². The van der Waals surface area contributed by atoms with Crippen LogP contribution in [0.25, 0.3) is 0 Å². The number of aliphatic imine (C=N–C) groups is 1. The monoisotopic (exact) mass is 298 g/mol. The number of ether oxygens (including phenoxy) is 1. The second-order valence-electron chi connectivity index (χ2n) is 5.56. The van der Waals surface area contributed by atoms with Gasteiger partial charge in [0.05, 0.1) is 13.2 Å². The van der Waals surface area contributed by atoms with Crippen LogP contribution in [0.4, 0.5) is 0 Å². The molecule has 21 heavy (non-hydrogen) atoms. The predicted molar refractivity (Wildman–Crippen MR) is 90.0 cm³/mol. The minimum Gasteiger partial charge on any atom is -0.379 e. The predicted octanol–water partition coefficient (Wildman–Crippen LogP) is 1.84. The van der Waals surface area contributed by atoms with Crippen LogP contribution in [-0.4, -0.2) is 63.3 Å². The zero-order valence-corrected chi connectivity index (χ0v) is 14.0. The normalized spacial score (nSPS) is 17.0. The largest absolute Gasteiger partial charge is 0.379 e. The van der Waals surface area contributed by atoms with E-state index in [2.05, 4.69) is 34.4 Å². The number of hydrogen-bond donors (Lipinski definition) is 2. The van der Waals surface area contributed by atoms with Crippen LogP contribution in [0.15, 0.2) is 4.99 Å². The molecular formula is C16H34N4O. The molecule has 0 amide bonds. The van der Waals surface area contributed by atoms with Gasteiger partial charge in [-0.2, -0.15) is 0 Å². The Labute approximate surface area is 130 Å². The second-order valence-corrected chi connectivity index (χ2v) is 5.56. The number of rotatable bonds is 10. The van der Waals surface area contributed by atoms with Crippen LogP contribution in [0.2, 0.25) is 0 Å². The van der Waals surface area contributed by atoms with E-state index in [-0.39, 0.29) is 0 Å². The number of hydrogen-bond acceptors (Lipinski definition) is 3. The summed E-state index contributed by atoms with van der Waals surface area (Å²) in [6.07, 6.45) is 6.13. The quantitative estimate of drug-likeness (QED) is 0.367. The molecule has 1 rings (SSSR count). The zero-order chi connectivity index (χ0) is 15.2. The molecule has 0 atom stereocenters. The summed E-state index contributed by atoms with van der Waals surface area (Å²) < 4.78 is 5.36. The lowest BCUT2D eigenvalue weighted by Gasteiger charge is -2.26. The van der Waals surface area contributed by atoms with Crippen LogP contribution in [-0.2, 0) is 4.74 Å². The summed E-state index contributed by atoms with van der Waals surface area (Å²) in [6, 6.07) is 0. The van der Waals surface area contributed by atoms with E-state index in [1.54, 1.807) is 0 Å². The van der Waals surface area contributed by atoms with Gasteiger partial charge in [-0.05, 0) is 32.7 Å². The summed E-state index contributed by atoms with van der Waals surface area (Å²) in [5.74, 6) is 0.972. The highest BCUT2D eigenvalue weighted by Crippen LogP contribution is 1.99. The molecule has 0 saturated carbocycles. The van der Waals surface area contributed by atoms with E-state index in [0.717, 1.165) is 51.9 Å². The molecule has 1 heterocycles. The fourth-order valence-electron chi connectivity index (χ4n) is 2.39. The summed E-state index contributed by atoms with van der Waals surface area (Å²) in [6.45, 7) is 12.4. The molecule has 124 valence electrons. The Hall–Kier alpha value is -0.810. The van der Waals surface area contributed by atoms with Crippen LogP contribution < -0.4 is 10.6 Å². The first-order valence-corrected chi connectivity index (χ1v) is 8.69. The minimum atomic E-state index is 0.896. The average Bonchev–Trinajstić information content (AvgIpc) is 2.52. The topological polar surface area (TPSA) is 48.9 Å². The fraction of sp³-hybridized carbons (Fsp3) is 0.938. The SMILES string of the molecule is CCCCCN=C(NCC)NCCCCN1CCOCC1. The number of nitrogens with one attached hydrogen (secondary N) is 2. The van der Waals surface area contributed by atoms with Gasteiger partial charge in [0.1, 0.15) is 0 Å². The first-order chi connectivity index (χ1) is 10.4. The van der Waals surface area contributed by atoms with Crippen LogP contribution in [0, 0.1) is 0 Å². The van der Waals surface area contributed by atoms with E-state index < -0.39 is 0 Å². The first kappa shape index (κ1) is 18.2. The van der Waals surface area contributed by atoms with Crippen molar-refractivity contribution in [3.05, 3.63) is 0 Å². The van der Waals surface area contributed by atoms with E-state index in [9.17, 15) is 0 Å². The third kappa shape index (κ3) is 9.69. The molecule has 0 aliphatic carbocycles. The smallest absolute Gasteiger partial charge is 0.191 e. The van der Waals surface area contributed by atoms with Crippen LogP contribution >= 0.6 is 0 Å². The maximum atomic E-state index is 5.36. The molecule has 0 aromatic rings. The van der Waals surface area contributed by atoms with Gasteiger partial charge in [-0.15, -0.1) is 0 Å². The Balaban J connectivity index is 2.05. The zero-order valence-electron chi connectivity index (χ0n) is 14.0. The Bertz CT molecular complexity index is 265. The van der Waals surface area contributed by atoms with Gasteiger partial charge in [0.15, 0.2) is 5.96 Å².